The largest absolute Gasteiger partial charge is 0.478 e. The molecule has 0 aromatic heterocycles. The molecule has 3 amide bonds. The van der Waals surface area contributed by atoms with Gasteiger partial charge in [0.2, 0.25) is 11.9 Å². The Morgan fingerprint density at radius 3 is 2.08 bits per heavy atom. The van der Waals surface area contributed by atoms with E-state index >= 15 is 0 Å². The number of carbonyl (C=O) groups excluding carboxylic acids is 5. The van der Waals surface area contributed by atoms with E-state index in [1.807, 2.05) is 6.07 Å². The second kappa shape index (κ2) is 19.0. The summed E-state index contributed by atoms with van der Waals surface area (Å²) in [6, 6.07) is 17.6. The zero-order valence-corrected chi connectivity index (χ0v) is 35.1. The number of benzene rings is 3. The number of esters is 2. The fourth-order valence-electron chi connectivity index (χ4n) is 6.15. The highest BCUT2D eigenvalue weighted by Crippen LogP contribution is 2.36. The Balaban J connectivity index is 1.45. The number of anilines is 1. The van der Waals surface area contributed by atoms with Gasteiger partial charge < -0.3 is 34.3 Å². The number of carboxylic acids is 1. The Hall–Kier alpha value is -6.25. The maximum absolute atomic E-state index is 13.9. The van der Waals surface area contributed by atoms with Crippen molar-refractivity contribution >= 4 is 47.6 Å². The summed E-state index contributed by atoms with van der Waals surface area (Å²) < 4.78 is 21.8. The number of hydrogen-bond acceptors (Lipinski definition) is 10. The van der Waals surface area contributed by atoms with Crippen LogP contribution in [-0.4, -0.2) is 75.3 Å². The predicted molar refractivity (Wildman–Crippen MR) is 219 cm³/mol. The molecule has 3 aromatic rings. The predicted octanol–water partition coefficient (Wildman–Crippen LogP) is 8.01. The van der Waals surface area contributed by atoms with Crippen molar-refractivity contribution < 1.29 is 52.8 Å². The van der Waals surface area contributed by atoms with Gasteiger partial charge in [0, 0.05) is 18.7 Å². The number of carbonyl (C=O) groups is 6. The molecule has 1 aliphatic rings. The summed E-state index contributed by atoms with van der Waals surface area (Å²) in [6.45, 7) is 15.0. The van der Waals surface area contributed by atoms with Gasteiger partial charge in [-0.25, -0.2) is 19.2 Å². The van der Waals surface area contributed by atoms with Crippen LogP contribution in [0.1, 0.15) is 125 Å². The lowest BCUT2D eigenvalue weighted by atomic mass is 9.80. The fraction of sp³-hybridized carbons (Fsp3) is 0.432. The number of alkyl carbamates (subject to hydrolysis) is 1. The van der Waals surface area contributed by atoms with Gasteiger partial charge >= 0.3 is 30.1 Å². The molecule has 1 atom stereocenters. The number of aryl methyl sites for hydroxylation is 1. The monoisotopic (exact) mass is 814 g/mol. The molecule has 316 valence electrons. The van der Waals surface area contributed by atoms with Gasteiger partial charge in [-0.05, 0) is 153 Å². The summed E-state index contributed by atoms with van der Waals surface area (Å²) in [5.74, 6) is -2.69. The topological polar surface area (TPSA) is 199 Å². The van der Waals surface area contributed by atoms with Crippen LogP contribution in [0.15, 0.2) is 71.7 Å². The first-order valence-corrected chi connectivity index (χ1v) is 19.3. The number of amides is 3. The van der Waals surface area contributed by atoms with Crippen molar-refractivity contribution in [2.45, 2.75) is 117 Å². The summed E-state index contributed by atoms with van der Waals surface area (Å²) in [5, 5.41) is 14.7. The molecule has 0 spiro atoms. The molecule has 1 aliphatic carbocycles. The molecule has 15 heteroatoms. The second-order valence-corrected chi connectivity index (χ2v) is 17.2. The van der Waals surface area contributed by atoms with E-state index in [2.05, 4.69) is 15.6 Å². The van der Waals surface area contributed by atoms with Crippen LogP contribution in [0.2, 0.25) is 0 Å². The third-order valence-corrected chi connectivity index (χ3v) is 8.42. The van der Waals surface area contributed by atoms with Crippen LogP contribution in [0, 0.1) is 0 Å². The van der Waals surface area contributed by atoms with Crippen molar-refractivity contribution in [2.24, 2.45) is 4.99 Å². The molecule has 15 nitrogen and oxygen atoms in total. The minimum Gasteiger partial charge on any atom is -0.478 e. The third kappa shape index (κ3) is 15.2. The number of hydrogen-bond donors (Lipinski definition) is 3. The van der Waals surface area contributed by atoms with Crippen molar-refractivity contribution in [1.29, 1.82) is 0 Å². The lowest BCUT2D eigenvalue weighted by molar-refractivity contribution is -0.159. The van der Waals surface area contributed by atoms with Gasteiger partial charge in [0.1, 0.15) is 29.1 Å². The number of aromatic carboxylic acids is 1. The van der Waals surface area contributed by atoms with E-state index in [9.17, 15) is 33.9 Å². The van der Waals surface area contributed by atoms with Crippen molar-refractivity contribution in [3.05, 3.63) is 94.5 Å². The Morgan fingerprint density at radius 1 is 0.797 bits per heavy atom. The second-order valence-electron chi connectivity index (χ2n) is 17.2. The molecule has 0 fully saturated rings. The molecular weight excluding hydrogens is 761 g/mol. The summed E-state index contributed by atoms with van der Waals surface area (Å²) in [4.78, 5) is 81.7. The van der Waals surface area contributed by atoms with Crippen LogP contribution in [0.3, 0.4) is 0 Å². The summed E-state index contributed by atoms with van der Waals surface area (Å²) in [6.07, 6.45) is 0.526. The molecular formula is C44H54N4O11. The van der Waals surface area contributed by atoms with E-state index in [4.69, 9.17) is 18.9 Å². The normalized spacial score (nSPS) is 14.3. The number of nitrogens with one attached hydrogen (secondary N) is 2. The van der Waals surface area contributed by atoms with E-state index in [0.29, 0.717) is 23.4 Å². The standard InChI is InChI=1S/C44H54N4O11/c1-42(2,3)57-36(50)26-48(25-27-12-10-15-31(22-27)37(51)52)35(49)24-30-14-11-13-29-23-33(20-21-34(29)30)56-38(53)28-16-18-32(19-17-28)45-39(46-40(54)58-43(4,5)6)47-41(55)59-44(7,8)9/h10,12,15-23,30H,11,13-14,24-26H2,1-9H3,(H,51,52)(H2,45,46,47,54,55). The quantitative estimate of drug-likeness (QED) is 0.0587. The van der Waals surface area contributed by atoms with Crippen LogP contribution in [0.4, 0.5) is 15.3 Å². The Labute approximate surface area is 344 Å². The van der Waals surface area contributed by atoms with Gasteiger partial charge in [-0.2, -0.15) is 0 Å². The minimum atomic E-state index is -1.10. The first-order chi connectivity index (χ1) is 27.4. The number of guanidine groups is 1. The number of aliphatic imine (C=N–C) groups is 1. The number of nitrogens with zero attached hydrogens (tertiary/aromatic N) is 2. The number of ether oxygens (including phenoxy) is 4. The van der Waals surface area contributed by atoms with Gasteiger partial charge in [0.25, 0.3) is 0 Å². The van der Waals surface area contributed by atoms with Crippen molar-refractivity contribution in [3.63, 3.8) is 0 Å². The zero-order valence-electron chi connectivity index (χ0n) is 35.1. The van der Waals surface area contributed by atoms with Gasteiger partial charge in [0.15, 0.2) is 0 Å². The molecule has 0 aliphatic heterocycles. The average molecular weight is 815 g/mol. The Kier molecular flexibility index (Phi) is 14.6. The molecule has 0 bridgehead atoms. The Morgan fingerprint density at radius 2 is 1.46 bits per heavy atom. The SMILES string of the molecule is CC(C)(C)OC(=O)CN(Cc1cccc(C(=O)O)c1)C(=O)CC1CCCc2cc(OC(=O)c3ccc(NC(=NC(=O)OC(C)(C)C)NC(=O)OC(C)(C)C)cc3)ccc21. The zero-order chi connectivity index (χ0) is 43.7. The average Bonchev–Trinajstić information content (AvgIpc) is 3.09. The van der Waals surface area contributed by atoms with Gasteiger partial charge in [-0.1, -0.05) is 18.2 Å². The minimum absolute atomic E-state index is 0.0223. The van der Waals surface area contributed by atoms with Crippen LogP contribution >= 0.6 is 0 Å². The van der Waals surface area contributed by atoms with Gasteiger partial charge in [0.05, 0.1) is 11.1 Å². The van der Waals surface area contributed by atoms with E-state index in [-0.39, 0.29) is 48.4 Å². The summed E-state index contributed by atoms with van der Waals surface area (Å²) in [5.41, 5.74) is 0.718. The molecule has 0 heterocycles. The molecule has 59 heavy (non-hydrogen) atoms. The van der Waals surface area contributed by atoms with Crippen molar-refractivity contribution in [1.82, 2.24) is 10.2 Å². The van der Waals surface area contributed by atoms with Crippen LogP contribution < -0.4 is 15.4 Å². The first-order valence-electron chi connectivity index (χ1n) is 19.3. The Bertz CT molecular complexity index is 2070. The van der Waals surface area contributed by atoms with Crippen molar-refractivity contribution in [3.8, 4) is 5.75 Å². The third-order valence-electron chi connectivity index (χ3n) is 8.42. The summed E-state index contributed by atoms with van der Waals surface area (Å²) >= 11 is 0. The fourth-order valence-corrected chi connectivity index (χ4v) is 6.15. The van der Waals surface area contributed by atoms with Gasteiger partial charge in [-0.3, -0.25) is 14.9 Å². The van der Waals surface area contributed by atoms with Crippen LogP contribution in [0.5, 0.6) is 5.75 Å². The first kappa shape index (κ1) is 45.5. The molecule has 1 unspecified atom stereocenters. The van der Waals surface area contributed by atoms with E-state index in [0.717, 1.165) is 24.0 Å². The maximum Gasteiger partial charge on any atom is 0.437 e. The number of carboxylic acid groups (broad SMARTS) is 1. The smallest absolute Gasteiger partial charge is 0.437 e. The number of rotatable bonds is 10. The van der Waals surface area contributed by atoms with E-state index in [1.165, 1.54) is 29.2 Å². The maximum atomic E-state index is 13.9. The molecule has 0 saturated carbocycles. The lowest BCUT2D eigenvalue weighted by Crippen LogP contribution is -2.40. The molecule has 3 N–H and O–H groups in total. The van der Waals surface area contributed by atoms with E-state index in [1.54, 1.807) is 98.7 Å². The van der Waals surface area contributed by atoms with Crippen LogP contribution in [-0.2, 0) is 36.8 Å². The highest BCUT2D eigenvalue weighted by atomic mass is 16.6. The molecule has 0 saturated heterocycles. The van der Waals surface area contributed by atoms with Crippen molar-refractivity contribution in [2.75, 3.05) is 11.9 Å². The van der Waals surface area contributed by atoms with E-state index < -0.39 is 46.9 Å². The molecule has 3 aromatic carbocycles. The molecule has 0 radical (unpaired) electrons. The highest BCUT2D eigenvalue weighted by molar-refractivity contribution is 6.06. The highest BCUT2D eigenvalue weighted by Gasteiger charge is 2.29. The number of fused-ring (bicyclic) bond motifs is 1. The lowest BCUT2D eigenvalue weighted by Gasteiger charge is -2.29. The van der Waals surface area contributed by atoms with Gasteiger partial charge in [-0.15, -0.1) is 4.99 Å². The summed E-state index contributed by atoms with van der Waals surface area (Å²) in [7, 11) is 0. The van der Waals surface area contributed by atoms with Crippen LogP contribution in [0.25, 0.3) is 0 Å². The molecule has 4 rings (SSSR count).